The first kappa shape index (κ1) is 9.21. The molecule has 1 aromatic carbocycles. The van der Waals surface area contributed by atoms with Crippen LogP contribution in [0.4, 0.5) is 4.39 Å². The zero-order chi connectivity index (χ0) is 10.1. The van der Waals surface area contributed by atoms with Crippen molar-refractivity contribution < 1.29 is 4.39 Å². The number of hydrogen-bond acceptors (Lipinski definition) is 1. The van der Waals surface area contributed by atoms with Gasteiger partial charge in [0.05, 0.1) is 5.88 Å². The third-order valence-corrected chi connectivity index (χ3v) is 2.30. The van der Waals surface area contributed by atoms with Crippen molar-refractivity contribution >= 4 is 22.4 Å². The van der Waals surface area contributed by atoms with Crippen molar-refractivity contribution in [3.8, 4) is 0 Å². The molecule has 0 amide bonds. The normalized spacial score (nSPS) is 10.7. The van der Waals surface area contributed by atoms with Gasteiger partial charge in [0.2, 0.25) is 5.56 Å². The summed E-state index contributed by atoms with van der Waals surface area (Å²) in [5.74, 6) is -0.151. The quantitative estimate of drug-likeness (QED) is 0.722. The van der Waals surface area contributed by atoms with Crippen molar-refractivity contribution in [2.75, 3.05) is 0 Å². The maximum Gasteiger partial charge on any atom is 0.248 e. The van der Waals surface area contributed by atoms with E-state index >= 15 is 0 Å². The summed E-state index contributed by atoms with van der Waals surface area (Å²) in [4.78, 5) is 13.7. The van der Waals surface area contributed by atoms with Crippen LogP contribution in [-0.4, -0.2) is 4.98 Å². The number of alkyl halides is 1. The van der Waals surface area contributed by atoms with Crippen LogP contribution >= 0.6 is 11.6 Å². The van der Waals surface area contributed by atoms with Crippen LogP contribution in [0.1, 0.15) is 5.69 Å². The Balaban J connectivity index is 2.87. The van der Waals surface area contributed by atoms with Gasteiger partial charge in [0.15, 0.2) is 0 Å². The molecule has 1 N–H and O–H groups in total. The van der Waals surface area contributed by atoms with Crippen LogP contribution in [0.25, 0.3) is 10.8 Å². The molecular weight excluding hydrogens is 205 g/mol. The Morgan fingerprint density at radius 1 is 1.36 bits per heavy atom. The number of nitrogens with one attached hydrogen (secondary N) is 1. The van der Waals surface area contributed by atoms with Crippen LogP contribution in [0.3, 0.4) is 0 Å². The zero-order valence-electron chi connectivity index (χ0n) is 7.18. The van der Waals surface area contributed by atoms with Crippen LogP contribution in [0.15, 0.2) is 29.1 Å². The van der Waals surface area contributed by atoms with E-state index in [-0.39, 0.29) is 17.3 Å². The molecule has 0 bridgehead atoms. The van der Waals surface area contributed by atoms with Crippen LogP contribution in [0.5, 0.6) is 0 Å². The first-order valence-electron chi connectivity index (χ1n) is 4.08. The lowest BCUT2D eigenvalue weighted by molar-refractivity contribution is 0.629. The number of fused-ring (bicyclic) bond motifs is 1. The summed E-state index contributed by atoms with van der Waals surface area (Å²) in [6.45, 7) is 0. The van der Waals surface area contributed by atoms with Crippen LogP contribution in [0, 0.1) is 5.82 Å². The fraction of sp³-hybridized carbons (Fsp3) is 0.100. The second-order valence-corrected chi connectivity index (χ2v) is 3.24. The molecule has 2 aromatic rings. The summed E-state index contributed by atoms with van der Waals surface area (Å²) in [5, 5.41) is 1.35. The van der Waals surface area contributed by atoms with Crippen molar-refractivity contribution in [2.24, 2.45) is 0 Å². The van der Waals surface area contributed by atoms with Crippen LogP contribution < -0.4 is 5.56 Å². The van der Waals surface area contributed by atoms with Gasteiger partial charge in [-0.1, -0.05) is 0 Å². The van der Waals surface area contributed by atoms with E-state index in [2.05, 4.69) is 4.98 Å². The summed E-state index contributed by atoms with van der Waals surface area (Å²) in [7, 11) is 0. The fourth-order valence-corrected chi connectivity index (χ4v) is 1.64. The third kappa shape index (κ3) is 1.51. The average molecular weight is 212 g/mol. The van der Waals surface area contributed by atoms with Gasteiger partial charge in [-0.3, -0.25) is 4.79 Å². The highest BCUT2D eigenvalue weighted by Gasteiger charge is 2.02. The zero-order valence-corrected chi connectivity index (χ0v) is 7.94. The maximum atomic E-state index is 12.9. The molecule has 0 spiro atoms. The number of benzene rings is 1. The second-order valence-electron chi connectivity index (χ2n) is 2.98. The van der Waals surface area contributed by atoms with Gasteiger partial charge in [-0.25, -0.2) is 4.39 Å². The predicted octanol–water partition coefficient (Wildman–Crippen LogP) is 2.41. The highest BCUT2D eigenvalue weighted by Crippen LogP contribution is 2.17. The van der Waals surface area contributed by atoms with Crippen molar-refractivity contribution in [1.29, 1.82) is 0 Å². The molecule has 72 valence electrons. The van der Waals surface area contributed by atoms with Crippen molar-refractivity contribution in [1.82, 2.24) is 4.98 Å². The molecule has 0 fully saturated rings. The van der Waals surface area contributed by atoms with Crippen molar-refractivity contribution in [3.63, 3.8) is 0 Å². The van der Waals surface area contributed by atoms with Crippen LogP contribution in [-0.2, 0) is 5.88 Å². The number of H-pyrrole nitrogens is 1. The van der Waals surface area contributed by atoms with Gasteiger partial charge >= 0.3 is 0 Å². The van der Waals surface area contributed by atoms with E-state index in [0.717, 1.165) is 5.39 Å². The summed E-state index contributed by atoms with van der Waals surface area (Å²) in [6, 6.07) is 5.63. The monoisotopic (exact) mass is 211 g/mol. The maximum absolute atomic E-state index is 12.9. The molecule has 0 unspecified atom stereocenters. The number of aromatic amines is 1. The van der Waals surface area contributed by atoms with E-state index in [0.29, 0.717) is 11.1 Å². The predicted molar refractivity (Wildman–Crippen MR) is 54.1 cm³/mol. The molecule has 0 atom stereocenters. The number of hydrogen-bond donors (Lipinski definition) is 1. The lowest BCUT2D eigenvalue weighted by Crippen LogP contribution is -2.06. The number of pyridine rings is 1. The van der Waals surface area contributed by atoms with E-state index in [1.165, 1.54) is 18.2 Å². The molecule has 4 heteroatoms. The molecule has 2 rings (SSSR count). The SMILES string of the molecule is O=c1cc2cc(F)ccc2c(CCl)[nH]1. The van der Waals surface area contributed by atoms with E-state index in [1.807, 2.05) is 0 Å². The summed E-state index contributed by atoms with van der Waals surface area (Å²) in [6.07, 6.45) is 0. The summed E-state index contributed by atoms with van der Waals surface area (Å²) < 4.78 is 12.9. The first-order valence-corrected chi connectivity index (χ1v) is 4.61. The van der Waals surface area contributed by atoms with Gasteiger partial charge in [-0.05, 0) is 23.6 Å². The third-order valence-electron chi connectivity index (χ3n) is 2.03. The summed E-state index contributed by atoms with van der Waals surface area (Å²) in [5.41, 5.74) is 0.355. The lowest BCUT2D eigenvalue weighted by atomic mass is 10.1. The van der Waals surface area contributed by atoms with Gasteiger partial charge in [-0.2, -0.15) is 0 Å². The van der Waals surface area contributed by atoms with Gasteiger partial charge in [0, 0.05) is 17.1 Å². The Labute approximate surface area is 84.3 Å². The highest BCUT2D eigenvalue weighted by atomic mass is 35.5. The molecule has 0 radical (unpaired) electrons. The largest absolute Gasteiger partial charge is 0.324 e. The molecule has 14 heavy (non-hydrogen) atoms. The van der Waals surface area contributed by atoms with Crippen LogP contribution in [0.2, 0.25) is 0 Å². The standard InChI is InChI=1S/C10H7ClFNO/c11-5-9-8-2-1-7(12)3-6(8)4-10(14)13-9/h1-4H,5H2,(H,13,14). The van der Waals surface area contributed by atoms with Crippen molar-refractivity contribution in [3.05, 3.63) is 46.1 Å². The van der Waals surface area contributed by atoms with E-state index in [9.17, 15) is 9.18 Å². The van der Waals surface area contributed by atoms with Gasteiger partial charge in [-0.15, -0.1) is 11.6 Å². The topological polar surface area (TPSA) is 32.9 Å². The molecule has 0 saturated heterocycles. The Morgan fingerprint density at radius 2 is 2.14 bits per heavy atom. The lowest BCUT2D eigenvalue weighted by Gasteiger charge is -2.02. The minimum absolute atomic E-state index is 0.207. The number of aromatic nitrogens is 1. The van der Waals surface area contributed by atoms with Crippen molar-refractivity contribution in [2.45, 2.75) is 5.88 Å². The van der Waals surface area contributed by atoms with E-state index < -0.39 is 0 Å². The van der Waals surface area contributed by atoms with Gasteiger partial charge in [0.25, 0.3) is 0 Å². The fourth-order valence-electron chi connectivity index (χ4n) is 1.43. The smallest absolute Gasteiger partial charge is 0.248 e. The average Bonchev–Trinajstić information content (AvgIpc) is 2.15. The first-order chi connectivity index (χ1) is 6.70. The Bertz CT molecular complexity index is 535. The molecule has 0 aliphatic carbocycles. The number of rotatable bonds is 1. The second kappa shape index (κ2) is 3.42. The van der Waals surface area contributed by atoms with E-state index in [4.69, 9.17) is 11.6 Å². The van der Waals surface area contributed by atoms with Gasteiger partial charge in [0.1, 0.15) is 5.82 Å². The minimum Gasteiger partial charge on any atom is -0.324 e. The van der Waals surface area contributed by atoms with Gasteiger partial charge < -0.3 is 4.98 Å². The van der Waals surface area contributed by atoms with E-state index in [1.54, 1.807) is 6.07 Å². The molecule has 2 nitrogen and oxygen atoms in total. The molecule has 1 heterocycles. The Morgan fingerprint density at radius 3 is 2.86 bits per heavy atom. The molecule has 0 aliphatic rings. The molecular formula is C10H7ClFNO. The molecule has 1 aromatic heterocycles. The molecule has 0 saturated carbocycles. The molecule has 0 aliphatic heterocycles. The Kier molecular flexibility index (Phi) is 2.25. The Hall–Kier alpha value is -1.35. The summed E-state index contributed by atoms with van der Waals surface area (Å²) >= 11 is 5.65. The minimum atomic E-state index is -0.358. The number of halogens is 2. The highest BCUT2D eigenvalue weighted by molar-refractivity contribution is 6.17.